The Kier molecular flexibility index (Phi) is 11.1. The highest BCUT2D eigenvalue weighted by Gasteiger charge is 2.38. The van der Waals surface area contributed by atoms with E-state index < -0.39 is 18.1 Å². The second-order valence-corrected chi connectivity index (χ2v) is 10.9. The molecular formula is C29H31ClF3N5O5. The van der Waals surface area contributed by atoms with Gasteiger partial charge in [-0.3, -0.25) is 9.59 Å². The van der Waals surface area contributed by atoms with Crippen LogP contribution in [0, 0.1) is 0 Å². The van der Waals surface area contributed by atoms with Gasteiger partial charge in [0, 0.05) is 12.4 Å². The van der Waals surface area contributed by atoms with Gasteiger partial charge in [0.25, 0.3) is 11.8 Å². The molecule has 0 radical (unpaired) electrons. The van der Waals surface area contributed by atoms with E-state index in [9.17, 15) is 22.8 Å². The minimum absolute atomic E-state index is 0.0274. The third-order valence-corrected chi connectivity index (χ3v) is 6.38. The Morgan fingerprint density at radius 3 is 2.26 bits per heavy atom. The van der Waals surface area contributed by atoms with Crippen LogP contribution in [0.2, 0.25) is 5.02 Å². The smallest absolute Gasteiger partial charge is 0.489 e. The Hall–Kier alpha value is -4.23. The van der Waals surface area contributed by atoms with E-state index in [1.807, 2.05) is 12.1 Å². The molecule has 0 atom stereocenters. The summed E-state index contributed by atoms with van der Waals surface area (Å²) in [5.41, 5.74) is 1.71. The molecule has 0 saturated carbocycles. The number of carbonyl (C=O) groups excluding carboxylic acids is 2. The summed E-state index contributed by atoms with van der Waals surface area (Å²) < 4.78 is 38.1. The number of carboxylic acids is 1. The first-order valence-corrected chi connectivity index (χ1v) is 13.5. The number of amides is 2. The lowest BCUT2D eigenvalue weighted by molar-refractivity contribution is -0.192. The molecule has 14 heteroatoms. The monoisotopic (exact) mass is 621 g/mol. The number of halogens is 4. The Morgan fingerprint density at radius 1 is 1.00 bits per heavy atom. The van der Waals surface area contributed by atoms with Gasteiger partial charge in [-0.05, 0) is 73.3 Å². The van der Waals surface area contributed by atoms with Gasteiger partial charge in [0.1, 0.15) is 17.7 Å². The van der Waals surface area contributed by atoms with Crippen molar-refractivity contribution in [3.63, 3.8) is 0 Å². The Bertz CT molecular complexity index is 1440. The molecule has 0 aliphatic carbocycles. The number of alkyl halides is 3. The number of carbonyl (C=O) groups is 3. The van der Waals surface area contributed by atoms with Gasteiger partial charge in [-0.25, -0.2) is 14.8 Å². The van der Waals surface area contributed by atoms with Crippen molar-refractivity contribution in [1.29, 1.82) is 0 Å². The summed E-state index contributed by atoms with van der Waals surface area (Å²) in [5.74, 6) is -2.79. The van der Waals surface area contributed by atoms with Crippen molar-refractivity contribution in [2.24, 2.45) is 0 Å². The highest BCUT2D eigenvalue weighted by Crippen LogP contribution is 2.31. The van der Waals surface area contributed by atoms with Crippen LogP contribution >= 0.6 is 11.6 Å². The number of benzene rings is 1. The number of hydrogen-bond acceptors (Lipinski definition) is 7. The number of aromatic nitrogens is 2. The van der Waals surface area contributed by atoms with E-state index in [0.717, 1.165) is 31.5 Å². The van der Waals surface area contributed by atoms with E-state index in [4.69, 9.17) is 26.2 Å². The van der Waals surface area contributed by atoms with Crippen LogP contribution < -0.4 is 20.7 Å². The van der Waals surface area contributed by atoms with Gasteiger partial charge in [-0.2, -0.15) is 13.2 Å². The summed E-state index contributed by atoms with van der Waals surface area (Å²) in [4.78, 5) is 43.5. The maximum atomic E-state index is 13.4. The van der Waals surface area contributed by atoms with Gasteiger partial charge in [-0.1, -0.05) is 38.4 Å². The molecule has 43 heavy (non-hydrogen) atoms. The summed E-state index contributed by atoms with van der Waals surface area (Å²) in [6.07, 6.45) is -0.397. The number of piperidine rings is 1. The van der Waals surface area contributed by atoms with Crippen LogP contribution in [0.3, 0.4) is 0 Å². The van der Waals surface area contributed by atoms with Gasteiger partial charge in [-0.15, -0.1) is 0 Å². The summed E-state index contributed by atoms with van der Waals surface area (Å²) >= 11 is 5.87. The molecule has 0 bridgehead atoms. The number of anilines is 2. The first-order chi connectivity index (χ1) is 20.1. The quantitative estimate of drug-likeness (QED) is 0.275. The number of aliphatic carboxylic acids is 1. The van der Waals surface area contributed by atoms with E-state index in [2.05, 4.69) is 46.7 Å². The number of carboxylic acid groups (broad SMARTS) is 1. The highest BCUT2D eigenvalue weighted by molar-refractivity contribution is 6.30. The molecule has 4 N–H and O–H groups in total. The maximum absolute atomic E-state index is 13.4. The lowest BCUT2D eigenvalue weighted by atomic mass is 9.86. The lowest BCUT2D eigenvalue weighted by Gasteiger charge is -2.27. The van der Waals surface area contributed by atoms with Crippen molar-refractivity contribution in [2.45, 2.75) is 51.3 Å². The number of ether oxygens (including phenoxy) is 1. The van der Waals surface area contributed by atoms with Crippen molar-refractivity contribution in [3.8, 4) is 5.75 Å². The van der Waals surface area contributed by atoms with Gasteiger partial charge in [0.2, 0.25) is 0 Å². The van der Waals surface area contributed by atoms with E-state index in [1.165, 1.54) is 12.4 Å². The number of hydrogen-bond donors (Lipinski definition) is 4. The maximum Gasteiger partial charge on any atom is 0.490 e. The third kappa shape index (κ3) is 9.93. The summed E-state index contributed by atoms with van der Waals surface area (Å²) in [7, 11) is 0. The van der Waals surface area contributed by atoms with Gasteiger partial charge in [0.15, 0.2) is 5.69 Å². The average Bonchev–Trinajstić information content (AvgIpc) is 2.94. The Labute approximate surface area is 251 Å². The van der Waals surface area contributed by atoms with Crippen molar-refractivity contribution in [3.05, 3.63) is 76.7 Å². The average molecular weight is 622 g/mol. The molecule has 1 fully saturated rings. The Morgan fingerprint density at radius 2 is 1.67 bits per heavy atom. The summed E-state index contributed by atoms with van der Waals surface area (Å²) in [5, 5.41) is 16.4. The van der Waals surface area contributed by atoms with Crippen LogP contribution in [-0.4, -0.2) is 58.2 Å². The van der Waals surface area contributed by atoms with Crippen molar-refractivity contribution >= 4 is 40.9 Å². The SMILES string of the molecule is CC(C)(C)c1ccc(C(=O)Nc2cccnc2C(=O)Nc2ccc(Cl)cn2)c(OC2CCNCC2)c1.O=C(O)C(F)(F)F. The van der Waals surface area contributed by atoms with Crippen molar-refractivity contribution < 1.29 is 37.4 Å². The molecular weight excluding hydrogens is 591 g/mol. The predicted molar refractivity (Wildman–Crippen MR) is 155 cm³/mol. The van der Waals surface area contributed by atoms with Gasteiger partial charge in [0.05, 0.1) is 16.3 Å². The number of rotatable bonds is 6. The van der Waals surface area contributed by atoms with Crippen molar-refractivity contribution in [1.82, 2.24) is 15.3 Å². The van der Waals surface area contributed by atoms with Gasteiger partial charge < -0.3 is 25.8 Å². The first kappa shape index (κ1) is 33.3. The molecule has 3 aromatic rings. The second kappa shape index (κ2) is 14.3. The largest absolute Gasteiger partial charge is 0.490 e. The van der Waals surface area contributed by atoms with E-state index in [1.54, 1.807) is 30.3 Å². The second-order valence-electron chi connectivity index (χ2n) is 10.5. The fourth-order valence-corrected chi connectivity index (χ4v) is 3.98. The van der Waals surface area contributed by atoms with E-state index in [-0.39, 0.29) is 28.8 Å². The van der Waals surface area contributed by atoms with Crippen LogP contribution in [0.25, 0.3) is 0 Å². The standard InChI is InChI=1S/C27H30ClN5O3.C2HF3O2/c1-27(2,3)17-6-8-20(22(15-17)36-19-10-13-29-14-11-19)25(34)32-21-5-4-12-30-24(21)26(35)33-23-9-7-18(28)16-31-23;3-2(4,5)1(6)7/h4-9,12,15-16,19,29H,10-11,13-14H2,1-3H3,(H,32,34)(H,31,33,35);(H,6,7). The van der Waals surface area contributed by atoms with Crippen LogP contribution in [0.4, 0.5) is 24.7 Å². The van der Waals surface area contributed by atoms with Crippen LogP contribution in [0.5, 0.6) is 5.75 Å². The zero-order valence-corrected chi connectivity index (χ0v) is 24.3. The lowest BCUT2D eigenvalue weighted by Crippen LogP contribution is -2.34. The zero-order valence-electron chi connectivity index (χ0n) is 23.6. The van der Waals surface area contributed by atoms with Crippen LogP contribution in [0.15, 0.2) is 54.9 Å². The van der Waals surface area contributed by atoms with Crippen LogP contribution in [0.1, 0.15) is 60.0 Å². The predicted octanol–water partition coefficient (Wildman–Crippen LogP) is 5.70. The molecule has 1 aliphatic heterocycles. The molecule has 1 aromatic carbocycles. The topological polar surface area (TPSA) is 143 Å². The number of nitrogens with one attached hydrogen (secondary N) is 3. The minimum atomic E-state index is -5.08. The molecule has 0 spiro atoms. The Balaban J connectivity index is 0.000000646. The van der Waals surface area contributed by atoms with Crippen molar-refractivity contribution in [2.75, 3.05) is 23.7 Å². The first-order valence-electron chi connectivity index (χ1n) is 13.2. The fourth-order valence-electron chi connectivity index (χ4n) is 3.87. The molecule has 2 aromatic heterocycles. The van der Waals surface area contributed by atoms with E-state index in [0.29, 0.717) is 22.2 Å². The zero-order chi connectivity index (χ0) is 31.8. The molecule has 230 valence electrons. The fraction of sp³-hybridized carbons (Fsp3) is 0.345. The molecule has 1 saturated heterocycles. The molecule has 2 amide bonds. The molecule has 4 rings (SSSR count). The number of pyridine rings is 2. The summed E-state index contributed by atoms with van der Waals surface area (Å²) in [6, 6.07) is 12.2. The summed E-state index contributed by atoms with van der Waals surface area (Å²) in [6.45, 7) is 8.11. The molecule has 3 heterocycles. The molecule has 10 nitrogen and oxygen atoms in total. The molecule has 1 aliphatic rings. The normalized spacial score (nSPS) is 13.7. The minimum Gasteiger partial charge on any atom is -0.489 e. The third-order valence-electron chi connectivity index (χ3n) is 6.15. The number of nitrogens with zero attached hydrogens (tertiary/aromatic N) is 2. The molecule has 0 unspecified atom stereocenters. The van der Waals surface area contributed by atoms with Crippen LogP contribution in [-0.2, 0) is 10.2 Å². The highest BCUT2D eigenvalue weighted by atomic mass is 35.5. The van der Waals surface area contributed by atoms with E-state index >= 15 is 0 Å². The van der Waals surface area contributed by atoms with Gasteiger partial charge >= 0.3 is 12.1 Å².